The van der Waals surface area contributed by atoms with Crippen molar-refractivity contribution in [3.63, 3.8) is 0 Å². The van der Waals surface area contributed by atoms with Gasteiger partial charge in [0.1, 0.15) is 5.75 Å². The molecule has 0 spiro atoms. The van der Waals surface area contributed by atoms with Crippen LogP contribution in [-0.2, 0) is 24.1 Å². The van der Waals surface area contributed by atoms with E-state index >= 15 is 0 Å². The highest BCUT2D eigenvalue weighted by Gasteiger charge is 2.26. The minimum atomic E-state index is -0.0634. The van der Waals surface area contributed by atoms with E-state index in [0.717, 1.165) is 30.6 Å². The van der Waals surface area contributed by atoms with Crippen LogP contribution in [0.25, 0.3) is 10.9 Å². The lowest BCUT2D eigenvalue weighted by Gasteiger charge is -2.14. The number of para-hydroxylation sites is 1. The molecule has 1 atom stereocenters. The van der Waals surface area contributed by atoms with E-state index < -0.39 is 0 Å². The number of aryl methyl sites for hydroxylation is 2. The lowest BCUT2D eigenvalue weighted by Crippen LogP contribution is -2.38. The minimum absolute atomic E-state index is 0.0568. The summed E-state index contributed by atoms with van der Waals surface area (Å²) in [6, 6.07) is 14.5. The molecule has 0 radical (unpaired) electrons. The summed E-state index contributed by atoms with van der Waals surface area (Å²) in [7, 11) is 0. The van der Waals surface area contributed by atoms with E-state index in [-0.39, 0.29) is 18.6 Å². The maximum atomic E-state index is 12.3. The van der Waals surface area contributed by atoms with Gasteiger partial charge in [0, 0.05) is 29.1 Å². The molecule has 4 heteroatoms. The van der Waals surface area contributed by atoms with Crippen molar-refractivity contribution in [1.29, 1.82) is 0 Å². The number of nitrogens with one attached hydrogen (secondary N) is 2. The topological polar surface area (TPSA) is 54.1 Å². The van der Waals surface area contributed by atoms with E-state index in [2.05, 4.69) is 42.3 Å². The number of fused-ring (bicyclic) bond motifs is 3. The van der Waals surface area contributed by atoms with E-state index in [4.69, 9.17) is 4.74 Å². The summed E-state index contributed by atoms with van der Waals surface area (Å²) in [5.74, 6) is 0.731. The smallest absolute Gasteiger partial charge is 0.258 e. The number of ether oxygens (including phenoxy) is 1. The SMILES string of the molecule is CCc1ccccc1OCC(=O)NC1Cc2[nH]c3ccc(C)cc3c2C1. The van der Waals surface area contributed by atoms with Crippen LogP contribution in [0.2, 0.25) is 0 Å². The molecule has 2 N–H and O–H groups in total. The summed E-state index contributed by atoms with van der Waals surface area (Å²) < 4.78 is 5.72. The summed E-state index contributed by atoms with van der Waals surface area (Å²) in [4.78, 5) is 15.8. The second kappa shape index (κ2) is 6.87. The van der Waals surface area contributed by atoms with Gasteiger partial charge in [0.15, 0.2) is 6.61 Å². The van der Waals surface area contributed by atoms with Gasteiger partial charge in [-0.3, -0.25) is 4.79 Å². The van der Waals surface area contributed by atoms with Crippen molar-refractivity contribution in [3.8, 4) is 5.75 Å². The first-order chi connectivity index (χ1) is 12.6. The molecule has 1 amide bonds. The van der Waals surface area contributed by atoms with Crippen molar-refractivity contribution in [2.45, 2.75) is 39.2 Å². The van der Waals surface area contributed by atoms with E-state index in [1.54, 1.807) is 0 Å². The Balaban J connectivity index is 1.37. The molecule has 134 valence electrons. The van der Waals surface area contributed by atoms with Gasteiger partial charge in [0.05, 0.1) is 0 Å². The third-order valence-electron chi connectivity index (χ3n) is 5.13. The van der Waals surface area contributed by atoms with E-state index in [0.29, 0.717) is 0 Å². The van der Waals surface area contributed by atoms with Crippen LogP contribution in [0.5, 0.6) is 5.75 Å². The van der Waals surface area contributed by atoms with Gasteiger partial charge in [-0.15, -0.1) is 0 Å². The van der Waals surface area contributed by atoms with Crippen molar-refractivity contribution in [1.82, 2.24) is 10.3 Å². The van der Waals surface area contributed by atoms with Crippen molar-refractivity contribution in [2.24, 2.45) is 0 Å². The van der Waals surface area contributed by atoms with Gasteiger partial charge >= 0.3 is 0 Å². The Morgan fingerprint density at radius 3 is 2.92 bits per heavy atom. The molecule has 0 saturated heterocycles. The highest BCUT2D eigenvalue weighted by atomic mass is 16.5. The average molecular weight is 348 g/mol. The molecule has 1 aliphatic carbocycles. The highest BCUT2D eigenvalue weighted by Crippen LogP contribution is 2.30. The van der Waals surface area contributed by atoms with Crippen molar-refractivity contribution in [3.05, 3.63) is 64.8 Å². The predicted molar refractivity (Wildman–Crippen MR) is 104 cm³/mol. The number of carbonyl (C=O) groups is 1. The van der Waals surface area contributed by atoms with Gasteiger partial charge in [-0.2, -0.15) is 0 Å². The van der Waals surface area contributed by atoms with Crippen LogP contribution in [0.1, 0.15) is 29.3 Å². The van der Waals surface area contributed by atoms with Crippen molar-refractivity contribution in [2.75, 3.05) is 6.61 Å². The number of hydrogen-bond acceptors (Lipinski definition) is 2. The fraction of sp³-hybridized carbons (Fsp3) is 0.318. The van der Waals surface area contributed by atoms with Gasteiger partial charge in [-0.25, -0.2) is 0 Å². The number of rotatable bonds is 5. The second-order valence-corrected chi connectivity index (χ2v) is 7.05. The van der Waals surface area contributed by atoms with Crippen LogP contribution in [-0.4, -0.2) is 23.5 Å². The summed E-state index contributed by atoms with van der Waals surface area (Å²) in [5, 5.41) is 4.40. The molecule has 0 bridgehead atoms. The molecule has 26 heavy (non-hydrogen) atoms. The van der Waals surface area contributed by atoms with Crippen LogP contribution >= 0.6 is 0 Å². The van der Waals surface area contributed by atoms with Crippen molar-refractivity contribution >= 4 is 16.8 Å². The number of benzene rings is 2. The molecule has 1 unspecified atom stereocenters. The molecule has 0 fully saturated rings. The van der Waals surface area contributed by atoms with Gasteiger partial charge in [0.25, 0.3) is 5.91 Å². The summed E-state index contributed by atoms with van der Waals surface area (Å²) in [5.41, 5.74) is 6.15. The van der Waals surface area contributed by atoms with Crippen LogP contribution < -0.4 is 10.1 Å². The Morgan fingerprint density at radius 2 is 2.08 bits per heavy atom. The number of aromatic amines is 1. The number of carbonyl (C=O) groups excluding carboxylic acids is 1. The summed E-state index contributed by atoms with van der Waals surface area (Å²) in [6.45, 7) is 4.25. The van der Waals surface area contributed by atoms with Crippen LogP contribution in [0, 0.1) is 6.92 Å². The first-order valence-electron chi connectivity index (χ1n) is 9.24. The van der Waals surface area contributed by atoms with E-state index in [1.165, 1.54) is 27.7 Å². The predicted octanol–water partition coefficient (Wildman–Crippen LogP) is 3.70. The molecular formula is C22H24N2O2. The number of aromatic nitrogens is 1. The fourth-order valence-corrected chi connectivity index (χ4v) is 3.84. The standard InChI is InChI=1S/C22H24N2O2/c1-3-15-6-4-5-7-21(15)26-13-22(25)23-16-11-18-17-10-14(2)8-9-19(17)24-20(18)12-16/h4-10,16,24H,3,11-13H2,1-2H3,(H,23,25). The Labute approximate surface area is 153 Å². The molecular weight excluding hydrogens is 324 g/mol. The second-order valence-electron chi connectivity index (χ2n) is 7.05. The molecule has 2 aromatic carbocycles. The molecule has 3 aromatic rings. The van der Waals surface area contributed by atoms with Crippen molar-refractivity contribution < 1.29 is 9.53 Å². The zero-order chi connectivity index (χ0) is 18.1. The lowest BCUT2D eigenvalue weighted by molar-refractivity contribution is -0.123. The number of amides is 1. The molecule has 1 aliphatic rings. The van der Waals surface area contributed by atoms with E-state index in [1.807, 2.05) is 24.3 Å². The first-order valence-corrected chi connectivity index (χ1v) is 9.24. The average Bonchev–Trinajstić information content (AvgIpc) is 3.17. The number of hydrogen-bond donors (Lipinski definition) is 2. The van der Waals surface area contributed by atoms with Gasteiger partial charge in [-0.1, -0.05) is 36.8 Å². The lowest BCUT2D eigenvalue weighted by atomic mass is 10.1. The quantitative estimate of drug-likeness (QED) is 0.739. The molecule has 4 rings (SSSR count). The third kappa shape index (κ3) is 3.19. The number of H-pyrrole nitrogens is 1. The Hall–Kier alpha value is -2.75. The summed E-state index contributed by atoms with van der Waals surface area (Å²) >= 11 is 0. The molecule has 0 aliphatic heterocycles. The molecule has 0 saturated carbocycles. The minimum Gasteiger partial charge on any atom is -0.483 e. The molecule has 4 nitrogen and oxygen atoms in total. The normalized spacial score (nSPS) is 15.8. The molecule has 1 heterocycles. The van der Waals surface area contributed by atoms with Gasteiger partial charge in [0.2, 0.25) is 0 Å². The fourth-order valence-electron chi connectivity index (χ4n) is 3.84. The Morgan fingerprint density at radius 1 is 1.23 bits per heavy atom. The zero-order valence-corrected chi connectivity index (χ0v) is 15.3. The van der Waals surface area contributed by atoms with Crippen LogP contribution in [0.4, 0.5) is 0 Å². The zero-order valence-electron chi connectivity index (χ0n) is 15.3. The van der Waals surface area contributed by atoms with E-state index in [9.17, 15) is 4.79 Å². The van der Waals surface area contributed by atoms with Crippen LogP contribution in [0.3, 0.4) is 0 Å². The largest absolute Gasteiger partial charge is 0.483 e. The first kappa shape index (κ1) is 16.7. The van der Waals surface area contributed by atoms with Gasteiger partial charge in [-0.05, 0) is 49.1 Å². The highest BCUT2D eigenvalue weighted by molar-refractivity contribution is 5.86. The summed E-state index contributed by atoms with van der Waals surface area (Å²) in [6.07, 6.45) is 2.61. The monoisotopic (exact) mass is 348 g/mol. The van der Waals surface area contributed by atoms with Crippen LogP contribution in [0.15, 0.2) is 42.5 Å². The maximum Gasteiger partial charge on any atom is 0.258 e. The Kier molecular flexibility index (Phi) is 4.41. The molecule has 1 aromatic heterocycles. The maximum absolute atomic E-state index is 12.3. The van der Waals surface area contributed by atoms with Gasteiger partial charge < -0.3 is 15.0 Å². The Bertz CT molecular complexity index is 958. The third-order valence-corrected chi connectivity index (χ3v) is 5.13.